The number of likely N-dealkylation sites (N-methyl/N-ethyl adjacent to an activating group) is 1. The number of nitrogens with two attached hydrogens (primary N) is 1. The summed E-state index contributed by atoms with van der Waals surface area (Å²) in [5, 5.41) is 0. The van der Waals surface area contributed by atoms with E-state index in [1.165, 1.54) is 23.3 Å². The van der Waals surface area contributed by atoms with Gasteiger partial charge in [0, 0.05) is 18.0 Å². The molecule has 0 heterocycles. The molecule has 1 aliphatic rings. The van der Waals surface area contributed by atoms with Crippen LogP contribution in [0.15, 0.2) is 29.2 Å². The van der Waals surface area contributed by atoms with Gasteiger partial charge >= 0.3 is 0 Å². The minimum Gasteiger partial charge on any atom is -0.330 e. The van der Waals surface area contributed by atoms with Crippen LogP contribution in [0.2, 0.25) is 0 Å². The summed E-state index contributed by atoms with van der Waals surface area (Å²) < 4.78 is 0. The predicted molar refractivity (Wildman–Crippen MR) is 80.1 cm³/mol. The maximum absolute atomic E-state index is 5.83. The molecular formula is C15H24N2S. The topological polar surface area (TPSA) is 29.3 Å². The molecule has 0 amide bonds. The van der Waals surface area contributed by atoms with Gasteiger partial charge in [0.25, 0.3) is 0 Å². The van der Waals surface area contributed by atoms with Crippen molar-refractivity contribution < 1.29 is 0 Å². The lowest BCUT2D eigenvalue weighted by atomic mass is 10.1. The summed E-state index contributed by atoms with van der Waals surface area (Å²) in [5.41, 5.74) is 7.71. The molecule has 3 heteroatoms. The van der Waals surface area contributed by atoms with Crippen LogP contribution < -0.4 is 5.73 Å². The average molecular weight is 264 g/mol. The summed E-state index contributed by atoms with van der Waals surface area (Å²) in [5.74, 6) is 0. The van der Waals surface area contributed by atoms with Crippen molar-refractivity contribution in [1.29, 1.82) is 0 Å². The minimum absolute atomic E-state index is 0.456. The van der Waals surface area contributed by atoms with Gasteiger partial charge in [-0.05, 0) is 62.2 Å². The van der Waals surface area contributed by atoms with Crippen molar-refractivity contribution in [3.05, 3.63) is 29.8 Å². The van der Waals surface area contributed by atoms with Gasteiger partial charge in [0.1, 0.15) is 0 Å². The molecule has 2 nitrogen and oxygen atoms in total. The number of hydrogen-bond donors (Lipinski definition) is 1. The fraction of sp³-hybridized carbons (Fsp3) is 0.600. The smallest absolute Gasteiger partial charge is 0.00693 e. The highest BCUT2D eigenvalue weighted by Crippen LogP contribution is 2.44. The molecular weight excluding hydrogens is 240 g/mol. The van der Waals surface area contributed by atoms with Crippen molar-refractivity contribution in [2.24, 2.45) is 11.1 Å². The number of rotatable bonds is 7. The molecule has 1 aliphatic carbocycles. The van der Waals surface area contributed by atoms with Crippen LogP contribution in [0.25, 0.3) is 0 Å². The molecule has 1 saturated carbocycles. The Bertz CT molecular complexity index is 371. The summed E-state index contributed by atoms with van der Waals surface area (Å²) in [6, 6.07) is 8.91. The van der Waals surface area contributed by atoms with E-state index in [1.54, 1.807) is 11.8 Å². The Morgan fingerprint density at radius 3 is 2.44 bits per heavy atom. The van der Waals surface area contributed by atoms with Crippen LogP contribution in [-0.4, -0.2) is 37.8 Å². The average Bonchev–Trinajstić information content (AvgIpc) is 3.17. The molecule has 0 unspecified atom stereocenters. The summed E-state index contributed by atoms with van der Waals surface area (Å²) >= 11 is 1.80. The molecule has 0 aliphatic heterocycles. The zero-order chi connectivity index (χ0) is 13.0. The standard InChI is InChI=1S/C15H24N2S/c1-17(12-15(11-16)8-9-15)10-7-13-3-5-14(18-2)6-4-13/h3-6H,7-12,16H2,1-2H3. The molecule has 1 aromatic carbocycles. The Morgan fingerprint density at radius 2 is 1.94 bits per heavy atom. The van der Waals surface area contributed by atoms with Gasteiger partial charge in [0.2, 0.25) is 0 Å². The van der Waals surface area contributed by atoms with E-state index in [1.807, 2.05) is 0 Å². The summed E-state index contributed by atoms with van der Waals surface area (Å²) in [7, 11) is 2.21. The molecule has 1 fully saturated rings. The maximum atomic E-state index is 5.83. The van der Waals surface area contributed by atoms with E-state index in [0.717, 1.165) is 26.1 Å². The van der Waals surface area contributed by atoms with Gasteiger partial charge in [0.15, 0.2) is 0 Å². The van der Waals surface area contributed by atoms with Crippen LogP contribution in [0.3, 0.4) is 0 Å². The van der Waals surface area contributed by atoms with Gasteiger partial charge in [-0.15, -0.1) is 11.8 Å². The van der Waals surface area contributed by atoms with Crippen molar-refractivity contribution in [3.63, 3.8) is 0 Å². The third-order valence-electron chi connectivity index (χ3n) is 3.94. The molecule has 0 radical (unpaired) electrons. The van der Waals surface area contributed by atoms with Gasteiger partial charge in [-0.3, -0.25) is 0 Å². The van der Waals surface area contributed by atoms with Gasteiger partial charge in [-0.2, -0.15) is 0 Å². The first-order valence-electron chi connectivity index (χ1n) is 6.69. The van der Waals surface area contributed by atoms with E-state index >= 15 is 0 Å². The molecule has 18 heavy (non-hydrogen) atoms. The predicted octanol–water partition coefficient (Wildman–Crippen LogP) is 2.62. The normalized spacial score (nSPS) is 17.1. The van der Waals surface area contributed by atoms with E-state index in [4.69, 9.17) is 5.73 Å². The van der Waals surface area contributed by atoms with E-state index < -0.39 is 0 Å². The van der Waals surface area contributed by atoms with Gasteiger partial charge < -0.3 is 10.6 Å². The summed E-state index contributed by atoms with van der Waals surface area (Å²) in [6.07, 6.45) is 5.88. The van der Waals surface area contributed by atoms with Crippen molar-refractivity contribution in [2.45, 2.75) is 24.2 Å². The molecule has 0 atom stereocenters. The van der Waals surface area contributed by atoms with Crippen LogP contribution >= 0.6 is 11.8 Å². The fourth-order valence-electron chi connectivity index (χ4n) is 2.37. The number of nitrogens with zero attached hydrogens (tertiary/aromatic N) is 1. The molecule has 2 N–H and O–H groups in total. The maximum Gasteiger partial charge on any atom is 0.00693 e. The lowest BCUT2D eigenvalue weighted by molar-refractivity contribution is 0.269. The highest BCUT2D eigenvalue weighted by molar-refractivity contribution is 7.98. The van der Waals surface area contributed by atoms with E-state index in [9.17, 15) is 0 Å². The van der Waals surface area contributed by atoms with Crippen LogP contribution in [0, 0.1) is 5.41 Å². The molecule has 1 aromatic rings. The zero-order valence-corrected chi connectivity index (χ0v) is 12.3. The first-order valence-corrected chi connectivity index (χ1v) is 7.91. The number of hydrogen-bond acceptors (Lipinski definition) is 3. The van der Waals surface area contributed by atoms with Gasteiger partial charge in [-0.1, -0.05) is 12.1 Å². The SMILES string of the molecule is CSc1ccc(CCN(C)CC2(CN)CC2)cc1. The van der Waals surface area contributed by atoms with Gasteiger partial charge in [-0.25, -0.2) is 0 Å². The third-order valence-corrected chi connectivity index (χ3v) is 4.68. The highest BCUT2D eigenvalue weighted by atomic mass is 32.2. The van der Waals surface area contributed by atoms with Crippen molar-refractivity contribution in [1.82, 2.24) is 4.90 Å². The van der Waals surface area contributed by atoms with E-state index in [0.29, 0.717) is 5.41 Å². The van der Waals surface area contributed by atoms with E-state index in [2.05, 4.69) is 42.5 Å². The van der Waals surface area contributed by atoms with Crippen molar-refractivity contribution >= 4 is 11.8 Å². The second kappa shape index (κ2) is 6.09. The summed E-state index contributed by atoms with van der Waals surface area (Å²) in [4.78, 5) is 3.77. The second-order valence-electron chi connectivity index (χ2n) is 5.54. The molecule has 0 bridgehead atoms. The monoisotopic (exact) mass is 264 g/mol. The Morgan fingerprint density at radius 1 is 1.28 bits per heavy atom. The lowest BCUT2D eigenvalue weighted by Gasteiger charge is -2.22. The zero-order valence-electron chi connectivity index (χ0n) is 11.5. The Balaban J connectivity index is 1.76. The number of benzene rings is 1. The molecule has 0 saturated heterocycles. The first kappa shape index (κ1) is 13.9. The highest BCUT2D eigenvalue weighted by Gasteiger charge is 2.41. The second-order valence-corrected chi connectivity index (χ2v) is 6.42. The Labute approximate surface area is 115 Å². The third kappa shape index (κ3) is 3.74. The first-order chi connectivity index (χ1) is 8.67. The Hall–Kier alpha value is -0.510. The molecule has 2 rings (SSSR count). The quantitative estimate of drug-likeness (QED) is 0.768. The van der Waals surface area contributed by atoms with Crippen LogP contribution in [0.1, 0.15) is 18.4 Å². The fourth-order valence-corrected chi connectivity index (χ4v) is 2.78. The van der Waals surface area contributed by atoms with Crippen LogP contribution in [-0.2, 0) is 6.42 Å². The van der Waals surface area contributed by atoms with E-state index in [-0.39, 0.29) is 0 Å². The van der Waals surface area contributed by atoms with Gasteiger partial charge in [0.05, 0.1) is 0 Å². The minimum atomic E-state index is 0.456. The largest absolute Gasteiger partial charge is 0.330 e. The molecule has 0 spiro atoms. The number of thioether (sulfide) groups is 1. The van der Waals surface area contributed by atoms with Crippen LogP contribution in [0.5, 0.6) is 0 Å². The van der Waals surface area contributed by atoms with Crippen molar-refractivity contribution in [2.75, 3.05) is 32.9 Å². The molecule has 0 aromatic heterocycles. The summed E-state index contributed by atoms with van der Waals surface area (Å²) in [6.45, 7) is 3.13. The lowest BCUT2D eigenvalue weighted by Crippen LogP contribution is -2.32. The Kier molecular flexibility index (Phi) is 4.71. The van der Waals surface area contributed by atoms with Crippen LogP contribution in [0.4, 0.5) is 0 Å². The molecule has 100 valence electrons. The van der Waals surface area contributed by atoms with Crippen molar-refractivity contribution in [3.8, 4) is 0 Å².